The second-order valence-corrected chi connectivity index (χ2v) is 5.51. The lowest BCUT2D eigenvalue weighted by Crippen LogP contribution is -2.31. The molecule has 1 fully saturated rings. The first-order valence-electron chi connectivity index (χ1n) is 6.51. The van der Waals surface area contributed by atoms with Gasteiger partial charge in [-0.3, -0.25) is 4.79 Å². The number of carbonyl (C=O) groups excluding carboxylic acids is 1. The first-order valence-corrected chi connectivity index (χ1v) is 6.89. The maximum absolute atomic E-state index is 12.1. The van der Waals surface area contributed by atoms with Gasteiger partial charge in [-0.1, -0.05) is 24.9 Å². The van der Waals surface area contributed by atoms with Crippen molar-refractivity contribution in [1.29, 1.82) is 0 Å². The first kappa shape index (κ1) is 14.1. The number of pyridine rings is 1. The lowest BCUT2D eigenvalue weighted by molar-refractivity contribution is 0.0939. The molecule has 5 nitrogen and oxygen atoms in total. The van der Waals surface area contributed by atoms with E-state index in [2.05, 4.69) is 22.7 Å². The number of amides is 1. The van der Waals surface area contributed by atoms with E-state index in [0.29, 0.717) is 22.8 Å². The number of aromatic nitrogens is 1. The molecule has 4 N–H and O–H groups in total. The summed E-state index contributed by atoms with van der Waals surface area (Å²) in [5.74, 6) is 5.45. The van der Waals surface area contributed by atoms with E-state index in [4.69, 9.17) is 17.4 Å². The van der Waals surface area contributed by atoms with Gasteiger partial charge in [-0.25, -0.2) is 10.8 Å². The van der Waals surface area contributed by atoms with Gasteiger partial charge in [0.15, 0.2) is 0 Å². The van der Waals surface area contributed by atoms with E-state index in [9.17, 15) is 4.79 Å². The van der Waals surface area contributed by atoms with Crippen molar-refractivity contribution in [3.63, 3.8) is 0 Å². The summed E-state index contributed by atoms with van der Waals surface area (Å²) in [4.78, 5) is 16.2. The highest BCUT2D eigenvalue weighted by Gasteiger charge is 2.41. The number of hydrogen-bond acceptors (Lipinski definition) is 4. The quantitative estimate of drug-likeness (QED) is 0.553. The molecule has 19 heavy (non-hydrogen) atoms. The van der Waals surface area contributed by atoms with E-state index < -0.39 is 0 Å². The highest BCUT2D eigenvalue weighted by Crippen LogP contribution is 2.48. The molecule has 6 heteroatoms. The molecule has 1 aromatic rings. The van der Waals surface area contributed by atoms with Gasteiger partial charge in [0.2, 0.25) is 0 Å². The number of nitrogens with two attached hydrogens (primary N) is 1. The minimum absolute atomic E-state index is 0.212. The SMILES string of the molecule is CCCC1(CNC(=O)c2nc(NN)ccc2Cl)CC1. The minimum atomic E-state index is -0.246. The van der Waals surface area contributed by atoms with Crippen LogP contribution in [0.15, 0.2) is 12.1 Å². The van der Waals surface area contributed by atoms with E-state index in [0.717, 1.165) is 12.8 Å². The molecule has 1 aliphatic carbocycles. The molecule has 0 spiro atoms. The monoisotopic (exact) mass is 282 g/mol. The van der Waals surface area contributed by atoms with Crippen LogP contribution >= 0.6 is 11.6 Å². The molecule has 1 aromatic heterocycles. The number of nitrogen functional groups attached to an aromatic ring is 1. The van der Waals surface area contributed by atoms with Crippen molar-refractivity contribution >= 4 is 23.3 Å². The van der Waals surface area contributed by atoms with Crippen LogP contribution in [0.1, 0.15) is 43.1 Å². The van der Waals surface area contributed by atoms with Crippen LogP contribution in [-0.2, 0) is 0 Å². The van der Waals surface area contributed by atoms with E-state index in [1.807, 2.05) is 0 Å². The number of nitrogens with one attached hydrogen (secondary N) is 2. The summed E-state index contributed by atoms with van der Waals surface area (Å²) < 4.78 is 0. The van der Waals surface area contributed by atoms with Gasteiger partial charge in [0.1, 0.15) is 11.5 Å². The topological polar surface area (TPSA) is 80.0 Å². The molecule has 104 valence electrons. The van der Waals surface area contributed by atoms with Crippen molar-refractivity contribution in [1.82, 2.24) is 10.3 Å². The Morgan fingerprint density at radius 1 is 1.53 bits per heavy atom. The molecule has 1 aliphatic rings. The van der Waals surface area contributed by atoms with Crippen LogP contribution in [0, 0.1) is 5.41 Å². The van der Waals surface area contributed by atoms with Crippen molar-refractivity contribution in [3.8, 4) is 0 Å². The van der Waals surface area contributed by atoms with Crippen LogP contribution in [0.2, 0.25) is 5.02 Å². The summed E-state index contributed by atoms with van der Waals surface area (Å²) in [7, 11) is 0. The summed E-state index contributed by atoms with van der Waals surface area (Å²) in [6, 6.07) is 3.23. The Kier molecular flexibility index (Phi) is 4.27. The van der Waals surface area contributed by atoms with Gasteiger partial charge in [0.05, 0.1) is 5.02 Å². The Labute approximate surface area is 117 Å². The van der Waals surface area contributed by atoms with Crippen molar-refractivity contribution in [2.45, 2.75) is 32.6 Å². The highest BCUT2D eigenvalue weighted by atomic mass is 35.5. The molecular weight excluding hydrogens is 264 g/mol. The van der Waals surface area contributed by atoms with Crippen LogP contribution in [-0.4, -0.2) is 17.4 Å². The zero-order valence-corrected chi connectivity index (χ0v) is 11.8. The molecule has 0 atom stereocenters. The van der Waals surface area contributed by atoms with Gasteiger partial charge in [0, 0.05) is 6.54 Å². The van der Waals surface area contributed by atoms with E-state index in [-0.39, 0.29) is 11.6 Å². The Bertz CT molecular complexity index is 474. The molecule has 1 amide bonds. The number of nitrogens with zero attached hydrogens (tertiary/aromatic N) is 1. The third-order valence-corrected chi connectivity index (χ3v) is 3.88. The van der Waals surface area contributed by atoms with Crippen molar-refractivity contribution in [2.75, 3.05) is 12.0 Å². The van der Waals surface area contributed by atoms with E-state index in [1.165, 1.54) is 12.8 Å². The van der Waals surface area contributed by atoms with E-state index in [1.54, 1.807) is 12.1 Å². The lowest BCUT2D eigenvalue weighted by Gasteiger charge is -2.15. The number of halogens is 1. The normalized spacial score (nSPS) is 15.9. The van der Waals surface area contributed by atoms with Gasteiger partial charge < -0.3 is 10.7 Å². The number of rotatable bonds is 6. The van der Waals surface area contributed by atoms with Gasteiger partial charge >= 0.3 is 0 Å². The van der Waals surface area contributed by atoms with Crippen LogP contribution in [0.5, 0.6) is 0 Å². The van der Waals surface area contributed by atoms with Gasteiger partial charge in [-0.05, 0) is 36.8 Å². The summed E-state index contributed by atoms with van der Waals surface area (Å²) in [5.41, 5.74) is 2.92. The number of anilines is 1. The zero-order valence-electron chi connectivity index (χ0n) is 11.0. The van der Waals surface area contributed by atoms with Crippen molar-refractivity contribution in [2.24, 2.45) is 11.3 Å². The fourth-order valence-corrected chi connectivity index (χ4v) is 2.45. The number of hydrogen-bond donors (Lipinski definition) is 3. The smallest absolute Gasteiger partial charge is 0.271 e. The van der Waals surface area contributed by atoms with Crippen LogP contribution in [0.25, 0.3) is 0 Å². The molecule has 0 radical (unpaired) electrons. The molecule has 1 saturated carbocycles. The second kappa shape index (κ2) is 5.75. The standard InChI is InChI=1S/C13H19ClN4O/c1-2-5-13(6-7-13)8-16-12(19)11-9(14)3-4-10(17-11)18-15/h3-4H,2,5-8,15H2,1H3,(H,16,19)(H,17,18). The third-order valence-electron chi connectivity index (χ3n) is 3.57. The van der Waals surface area contributed by atoms with Gasteiger partial charge in [0.25, 0.3) is 5.91 Å². The highest BCUT2D eigenvalue weighted by molar-refractivity contribution is 6.33. The predicted octanol–water partition coefficient (Wildman–Crippen LogP) is 2.33. The molecular formula is C13H19ClN4O. The molecule has 0 aliphatic heterocycles. The van der Waals surface area contributed by atoms with E-state index >= 15 is 0 Å². The molecule has 1 heterocycles. The average molecular weight is 283 g/mol. The first-order chi connectivity index (χ1) is 9.10. The Hall–Kier alpha value is -1.33. The Balaban J connectivity index is 2.00. The zero-order chi connectivity index (χ0) is 13.9. The summed E-state index contributed by atoms with van der Waals surface area (Å²) >= 11 is 5.98. The van der Waals surface area contributed by atoms with Gasteiger partial charge in [-0.2, -0.15) is 0 Å². The van der Waals surface area contributed by atoms with Crippen LogP contribution in [0.4, 0.5) is 5.82 Å². The number of hydrazine groups is 1. The molecule has 0 bridgehead atoms. The average Bonchev–Trinajstić information content (AvgIpc) is 3.17. The van der Waals surface area contributed by atoms with Crippen LogP contribution in [0.3, 0.4) is 0 Å². The maximum atomic E-state index is 12.1. The molecule has 0 aromatic carbocycles. The fraction of sp³-hybridized carbons (Fsp3) is 0.538. The summed E-state index contributed by atoms with van der Waals surface area (Å²) in [6.45, 7) is 2.86. The minimum Gasteiger partial charge on any atom is -0.350 e. The summed E-state index contributed by atoms with van der Waals surface area (Å²) in [6.07, 6.45) is 4.67. The molecule has 0 saturated heterocycles. The fourth-order valence-electron chi connectivity index (χ4n) is 2.26. The third kappa shape index (κ3) is 3.36. The predicted molar refractivity (Wildman–Crippen MR) is 76.0 cm³/mol. The Morgan fingerprint density at radius 3 is 2.84 bits per heavy atom. The molecule has 2 rings (SSSR count). The number of carbonyl (C=O) groups is 1. The van der Waals surface area contributed by atoms with Gasteiger partial charge in [-0.15, -0.1) is 0 Å². The largest absolute Gasteiger partial charge is 0.350 e. The molecule has 0 unspecified atom stereocenters. The van der Waals surface area contributed by atoms with Crippen LogP contribution < -0.4 is 16.6 Å². The Morgan fingerprint density at radius 2 is 2.26 bits per heavy atom. The van der Waals surface area contributed by atoms with Crippen molar-refractivity contribution < 1.29 is 4.79 Å². The van der Waals surface area contributed by atoms with Crippen molar-refractivity contribution in [3.05, 3.63) is 22.8 Å². The lowest BCUT2D eigenvalue weighted by atomic mass is 10.0. The second-order valence-electron chi connectivity index (χ2n) is 5.10. The maximum Gasteiger partial charge on any atom is 0.271 e. The summed E-state index contributed by atoms with van der Waals surface area (Å²) in [5, 5.41) is 3.25.